The first-order valence-corrected chi connectivity index (χ1v) is 46.3. The molecule has 6 aliphatic carbocycles. The Kier molecular flexibility index (Phi) is 47.3. The van der Waals surface area contributed by atoms with Gasteiger partial charge in [-0.05, 0) is 264 Å². The van der Waals surface area contributed by atoms with Crippen molar-refractivity contribution < 1.29 is 81.3 Å². The van der Waals surface area contributed by atoms with Crippen LogP contribution in [0, 0.1) is 68.0 Å². The molecule has 0 spiro atoms. The molecule has 6 N–H and O–H groups in total. The number of carbonyl (C=O) groups is 4. The summed E-state index contributed by atoms with van der Waals surface area (Å²) in [5.74, 6) is 5.81. The minimum Gasteiger partial charge on any atom is -0.494 e. The Morgan fingerprint density at radius 1 is 0.373 bits per heavy atom. The van der Waals surface area contributed by atoms with Crippen LogP contribution >= 0.6 is 0 Å². The number of fused-ring (bicyclic) bond motifs is 6. The molecule has 780 valence electrons. The van der Waals surface area contributed by atoms with Crippen molar-refractivity contribution in [3.63, 3.8) is 0 Å². The molecular formula is C119H132N14O17. The fourth-order valence-electron chi connectivity index (χ4n) is 16.2. The van der Waals surface area contributed by atoms with E-state index in [4.69, 9.17) is 89.3 Å². The lowest BCUT2D eigenvalue weighted by molar-refractivity contribution is 0.0515. The summed E-state index contributed by atoms with van der Waals surface area (Å²) in [7, 11) is 0. The van der Waals surface area contributed by atoms with Crippen molar-refractivity contribution in [2.75, 3.05) is 26.4 Å². The van der Waals surface area contributed by atoms with Crippen molar-refractivity contribution in [1.82, 2.24) is 20.3 Å². The van der Waals surface area contributed by atoms with Crippen LogP contribution in [0.1, 0.15) is 289 Å². The summed E-state index contributed by atoms with van der Waals surface area (Å²) in [4.78, 5) is 60.3. The van der Waals surface area contributed by atoms with Gasteiger partial charge < -0.3 is 73.6 Å². The maximum absolute atomic E-state index is 12.4. The Balaban J connectivity index is 0.000000312. The molecule has 0 bridgehead atoms. The van der Waals surface area contributed by atoms with Gasteiger partial charge in [0.2, 0.25) is 11.6 Å². The predicted molar refractivity (Wildman–Crippen MR) is 582 cm³/mol. The van der Waals surface area contributed by atoms with E-state index in [-0.39, 0.29) is 122 Å². The number of aromatic nitrogens is 4. The number of benzene rings is 10. The van der Waals surface area contributed by atoms with Gasteiger partial charge in [0.25, 0.3) is 11.8 Å². The van der Waals surface area contributed by atoms with Crippen LogP contribution in [0.4, 0.5) is 0 Å². The van der Waals surface area contributed by atoms with E-state index >= 15 is 0 Å². The monoisotopic (exact) mass is 2030 g/mol. The fourth-order valence-corrected chi connectivity index (χ4v) is 16.2. The number of ketones is 2. The molecule has 150 heavy (non-hydrogen) atoms. The molecule has 12 aromatic rings. The Morgan fingerprint density at radius 3 is 1.08 bits per heavy atom. The Hall–Kier alpha value is -18.2. The zero-order valence-corrected chi connectivity index (χ0v) is 81.0. The second kappa shape index (κ2) is 58.1. The minimum atomic E-state index is -1.05. The normalized spacial score (nSPS) is 12.1. The predicted octanol–water partition coefficient (Wildman–Crippen LogP) is 25.3. The number of carboxylic acid groups (broad SMARTS) is 1. The van der Waals surface area contributed by atoms with Crippen LogP contribution in [-0.2, 0) is 62.3 Å². The first kappa shape index (κ1) is 122. The van der Waals surface area contributed by atoms with E-state index in [0.29, 0.717) is 132 Å². The number of rotatable bonds is 25. The summed E-state index contributed by atoms with van der Waals surface area (Å²) in [6, 6.07) is 65.7. The number of carboxylic acids is 1. The first-order valence-electron chi connectivity index (χ1n) is 46.3. The number of hydrogen-bond acceptors (Lipinski definition) is 28. The van der Waals surface area contributed by atoms with Gasteiger partial charge in [0, 0.05) is 79.6 Å². The first-order chi connectivity index (χ1) is 69.1. The number of nitriles is 6. The van der Waals surface area contributed by atoms with Crippen LogP contribution in [-0.4, -0.2) is 117 Å². The molecule has 0 radical (unpaired) electrons. The molecule has 0 saturated carbocycles. The molecule has 0 aliphatic heterocycles. The highest BCUT2D eigenvalue weighted by atomic mass is 16.7. The van der Waals surface area contributed by atoms with Crippen LogP contribution in [0.5, 0.6) is 23.0 Å². The van der Waals surface area contributed by atoms with E-state index in [0.717, 1.165) is 138 Å². The molecule has 0 fully saturated rings. The van der Waals surface area contributed by atoms with E-state index < -0.39 is 11.9 Å². The molecule has 0 unspecified atom stereocenters. The van der Waals surface area contributed by atoms with Gasteiger partial charge in [-0.2, -0.15) is 41.5 Å². The molecule has 31 heteroatoms. The fraction of sp³-hybridized carbons (Fsp3) is 0.294. The quantitative estimate of drug-likeness (QED) is 0.0136. The summed E-state index contributed by atoms with van der Waals surface area (Å²) in [6.07, 6.45) is 13.4. The van der Waals surface area contributed by atoms with Gasteiger partial charge in [-0.15, -0.1) is 0 Å². The Morgan fingerprint density at radius 2 is 0.687 bits per heavy atom. The summed E-state index contributed by atoms with van der Waals surface area (Å²) < 4.78 is 55.5. The average Bonchev–Trinajstić information content (AvgIpc) is 1.64. The van der Waals surface area contributed by atoms with Crippen molar-refractivity contribution in [2.24, 2.45) is 21.8 Å². The van der Waals surface area contributed by atoms with E-state index in [1.807, 2.05) is 211 Å². The molecule has 31 nitrogen and oxygen atoms in total. The highest BCUT2D eigenvalue weighted by Crippen LogP contribution is 2.40. The molecule has 0 amide bonds. The van der Waals surface area contributed by atoms with E-state index in [9.17, 15) is 35.0 Å². The number of oxime groups is 2. The molecule has 10 aromatic carbocycles. The summed E-state index contributed by atoms with van der Waals surface area (Å²) in [5, 5.41) is 87.1. The van der Waals surface area contributed by atoms with Gasteiger partial charge in [0.15, 0.2) is 23.2 Å². The van der Waals surface area contributed by atoms with E-state index in [1.165, 1.54) is 30.3 Å². The molecular weight excluding hydrogens is 1900 g/mol. The number of Topliss-reactive ketones (excluding diaryl/α,β-unsaturated/α-hetero) is 2. The number of ether oxygens (including phenoxy) is 8. The van der Waals surface area contributed by atoms with Crippen LogP contribution in [0.3, 0.4) is 0 Å². The molecule has 6 aliphatic rings. The molecule has 18 rings (SSSR count). The van der Waals surface area contributed by atoms with E-state index in [2.05, 4.69) is 60.9 Å². The van der Waals surface area contributed by atoms with Crippen LogP contribution in [0.25, 0.3) is 68.7 Å². The topological polar surface area (TPSA) is 489 Å². The van der Waals surface area contributed by atoms with Crippen molar-refractivity contribution in [2.45, 2.75) is 211 Å². The van der Waals surface area contributed by atoms with Crippen molar-refractivity contribution in [3.8, 4) is 105 Å². The number of carbonyl (C=O) groups excluding carboxylic acids is 3. The number of amidine groups is 2. The lowest BCUT2D eigenvalue weighted by Crippen LogP contribution is -2.17. The Bertz CT molecular complexity index is 7270. The van der Waals surface area contributed by atoms with Gasteiger partial charge >= 0.3 is 11.9 Å². The summed E-state index contributed by atoms with van der Waals surface area (Å²) in [5.41, 5.74) is 31.0. The third-order valence-electron chi connectivity index (χ3n) is 22.4. The number of hydrogen-bond donors (Lipinski definition) is 4. The van der Waals surface area contributed by atoms with Crippen molar-refractivity contribution in [3.05, 3.63) is 329 Å². The highest BCUT2D eigenvalue weighted by molar-refractivity contribution is 6.04. The molecule has 2 aromatic heterocycles. The number of allylic oxidation sites excluding steroid dienone is 4. The summed E-state index contributed by atoms with van der Waals surface area (Å²) in [6.45, 7) is 25.4. The lowest BCUT2D eigenvalue weighted by Gasteiger charge is -2.11. The zero-order chi connectivity index (χ0) is 103. The van der Waals surface area contributed by atoms with Gasteiger partial charge in [0.1, 0.15) is 70.3 Å². The number of nitrogens with zero attached hydrogens (tertiary/aromatic N) is 12. The maximum Gasteiger partial charge on any atom is 0.365 e. The largest absolute Gasteiger partial charge is 0.494 e. The second-order valence-corrected chi connectivity index (χ2v) is 33.3. The third-order valence-corrected chi connectivity index (χ3v) is 22.4. The van der Waals surface area contributed by atoms with Gasteiger partial charge in [-0.1, -0.05) is 170 Å². The number of aromatic carboxylic acids is 1. The zero-order valence-electron chi connectivity index (χ0n) is 81.0. The molecule has 0 atom stereocenters. The van der Waals surface area contributed by atoms with E-state index in [1.54, 1.807) is 54.6 Å². The SMILES string of the molecule is C.C.C.C.C.C.C.CC(C)Oc1ccc(-c2nc(-c3cccc4c3CCC4=O)no2)cc1C#N.CC(C)Oc1ccc(C(=O)O)cc1C#N.CCOC1=CCc2c(C#N)cccc21.CCOC1=CCc2c1cccc2-c1noc(-c2ccc(OC(C)C)c(C#N)c2)n1.CCOC1=CCc2c1cccc2C(N)=NO.CCOC1=CCc2c1cccc2C(N)=NOC(=O)c1ccc(OC(C)C)c(C#N)c1.N#Cc1cccc2c1CCC2=O. The van der Waals surface area contributed by atoms with Crippen LogP contribution in [0.2, 0.25) is 0 Å². The van der Waals surface area contributed by atoms with Gasteiger partial charge in [-0.25, -0.2) is 9.59 Å². The smallest absolute Gasteiger partial charge is 0.365 e. The molecule has 2 heterocycles. The second-order valence-electron chi connectivity index (χ2n) is 33.3. The summed E-state index contributed by atoms with van der Waals surface area (Å²) >= 11 is 0. The van der Waals surface area contributed by atoms with Crippen molar-refractivity contribution >= 4 is 58.2 Å². The van der Waals surface area contributed by atoms with Crippen LogP contribution < -0.4 is 30.4 Å². The number of nitrogens with two attached hydrogens (primary N) is 2. The standard InChI is InChI=1S/C23H23N3O4.C23H21N3O3.C21H17N3O3.C12H14N2O2.C12H11NO.C11H11NO3.C10H7NO.7CH4/c1-4-28-21-11-9-17-18(21)6-5-7-19(17)22(25)26-30-23(27)15-8-10-20(29-14(2)3)16(12-15)13-24;1-4-27-21-11-9-17-18(21)6-5-7-19(17)22-25-23(29-26-22)15-8-10-20(28-14(2)3)16(12-15)13-24;1-12(2)26-19-9-6-13(10-14(19)11-22)21-23-20(24-27-21)17-5-3-4-16-15(17)7-8-18(16)25;1-2-16-11-7-6-8-9(11)4-3-5-10(8)12(13)14-15;1-2-14-12-7-6-10-9(8-13)4-3-5-11(10)12;1-7(2)15-10-4-3-8(11(13)14)5-9(10)6-12;11-6-7-2-1-3-9-8(7)4-5-10(9)12;;;;;;;/h5-8,10-12,14H,4,9H2,1-3H3,(H2,25,26);5-8,10-12,14H,4,9H2,1-3H3;3-6,9-10,12H,7-8H2,1-2H3;3-5,7,15H,2,6H2,1H3,(H2,13,14);3-5,7H,2,6H2,1H3;3-5,7H,1-2H3,(H,13,14);1-3H,4-5H2;7*1H4. The lowest BCUT2D eigenvalue weighted by atomic mass is 10.0. The average molecular weight is 2030 g/mol. The van der Waals surface area contributed by atoms with Crippen LogP contribution in [0.15, 0.2) is 226 Å². The van der Waals surface area contributed by atoms with Gasteiger partial charge in [-0.3, -0.25) is 9.59 Å². The maximum atomic E-state index is 12.4. The Labute approximate surface area is 879 Å². The third kappa shape index (κ3) is 29.8. The van der Waals surface area contributed by atoms with Gasteiger partial charge in [0.05, 0.1) is 107 Å². The minimum absolute atomic E-state index is 0. The van der Waals surface area contributed by atoms with Crippen molar-refractivity contribution in [1.29, 1.82) is 31.6 Å². The highest BCUT2D eigenvalue weighted by Gasteiger charge is 2.30. The molecule has 0 saturated heterocycles.